The molecule has 1 unspecified atom stereocenters. The van der Waals surface area contributed by atoms with Crippen LogP contribution in [-0.2, 0) is 9.59 Å². The summed E-state index contributed by atoms with van der Waals surface area (Å²) >= 11 is 0. The molecule has 0 bridgehead atoms. The Morgan fingerprint density at radius 3 is 2.60 bits per heavy atom. The second-order valence-corrected chi connectivity index (χ2v) is 1.68. The topological polar surface area (TPSA) is 83.6 Å². The summed E-state index contributed by atoms with van der Waals surface area (Å²) < 4.78 is 6.92. The van der Waals surface area contributed by atoms with Gasteiger partial charge in [-0.05, 0) is 0 Å². The molecule has 0 aromatic rings. The summed E-state index contributed by atoms with van der Waals surface area (Å²) in [5.41, 5.74) is 4.94. The average Bonchev–Trinajstić information content (AvgIpc) is 2.00. The Bertz CT molecular complexity index is 173. The third-order valence-electron chi connectivity index (χ3n) is 0.872. The molecule has 0 spiro atoms. The van der Waals surface area contributed by atoms with E-state index in [1.54, 1.807) is 0 Å². The van der Waals surface area contributed by atoms with E-state index in [0.717, 1.165) is 4.90 Å². The van der Waals surface area contributed by atoms with Crippen molar-refractivity contribution in [3.63, 3.8) is 0 Å². The fourth-order valence-electron chi connectivity index (χ4n) is 0.382. The summed E-state index contributed by atoms with van der Waals surface area (Å²) in [6, 6.07) is 0. The Hall–Kier alpha value is -1.10. The van der Waals surface area contributed by atoms with Gasteiger partial charge >= 0.3 is 5.97 Å². The molecule has 0 fully saturated rings. The smallest absolute Gasteiger partial charge is 0.323 e. The summed E-state index contributed by atoms with van der Waals surface area (Å²) in [6.45, 7) is -1.84. The van der Waals surface area contributed by atoms with Gasteiger partial charge in [0, 0.05) is 7.05 Å². The number of carbonyl (C=O) groups excluding carboxylic acids is 1. The van der Waals surface area contributed by atoms with Gasteiger partial charge in [-0.15, -0.1) is 0 Å². The maximum absolute atomic E-state index is 10.7. The van der Waals surface area contributed by atoms with Crippen molar-refractivity contribution in [1.29, 1.82) is 0 Å². The monoisotopic (exact) mass is 148 g/mol. The first-order chi connectivity index (χ1) is 5.00. The maximum Gasteiger partial charge on any atom is 0.323 e. The van der Waals surface area contributed by atoms with Gasteiger partial charge in [0.05, 0.1) is 7.92 Å². The summed E-state index contributed by atoms with van der Waals surface area (Å²) in [5, 5.41) is 8.27. The number of likely N-dealkylation sites (N-methyl/N-ethyl adjacent to an activating group) is 1. The maximum atomic E-state index is 10.7. The molecule has 3 N–H and O–H groups in total. The van der Waals surface area contributed by atoms with Crippen molar-refractivity contribution in [2.24, 2.45) is 5.73 Å². The molecule has 0 rings (SSSR count). The number of carboxylic acid groups (broad SMARTS) is 1. The van der Waals surface area contributed by atoms with Gasteiger partial charge in [0.25, 0.3) is 0 Å². The molecule has 10 heavy (non-hydrogen) atoms. The lowest BCUT2D eigenvalue weighted by Crippen LogP contribution is -2.36. The molecule has 0 aromatic carbocycles. The Balaban J connectivity index is 4.12. The lowest BCUT2D eigenvalue weighted by Gasteiger charge is -2.11. The van der Waals surface area contributed by atoms with Crippen LogP contribution >= 0.6 is 0 Å². The second kappa shape index (κ2) is 3.84. The van der Waals surface area contributed by atoms with Gasteiger partial charge in [-0.3, -0.25) is 9.59 Å². The highest BCUT2D eigenvalue weighted by atomic mass is 16.4. The Morgan fingerprint density at radius 2 is 2.30 bits per heavy atom. The van der Waals surface area contributed by atoms with Crippen LogP contribution in [0.1, 0.15) is 1.37 Å². The summed E-state index contributed by atoms with van der Waals surface area (Å²) in [7, 11) is 1.22. The Labute approximate surface area is 59.8 Å². The van der Waals surface area contributed by atoms with Crippen LogP contribution in [0.15, 0.2) is 0 Å². The molecule has 1 atom stereocenters. The zero-order chi connectivity index (χ0) is 9.02. The molecule has 0 heterocycles. The predicted octanol–water partition coefficient (Wildman–Crippen LogP) is -1.51. The van der Waals surface area contributed by atoms with E-state index in [2.05, 4.69) is 0 Å². The molecule has 0 saturated heterocycles. The van der Waals surface area contributed by atoms with E-state index < -0.39 is 18.4 Å². The number of aliphatic carboxylic acids is 1. The molecule has 0 aliphatic carbocycles. The van der Waals surface area contributed by atoms with Crippen LogP contribution in [0.2, 0.25) is 0 Å². The number of nitrogens with zero attached hydrogens (tertiary/aromatic N) is 1. The minimum absolute atomic E-state index is 0.279. The SMILES string of the molecule is [3H]C(C(=O)O)N(C)C(=O)CN. The molecule has 0 saturated carbocycles. The van der Waals surface area contributed by atoms with E-state index in [1.807, 2.05) is 0 Å². The number of carbonyl (C=O) groups is 2. The van der Waals surface area contributed by atoms with E-state index in [4.69, 9.17) is 12.2 Å². The average molecular weight is 148 g/mol. The molecule has 0 radical (unpaired) electrons. The number of carboxylic acids is 1. The van der Waals surface area contributed by atoms with E-state index in [9.17, 15) is 9.59 Å². The summed E-state index contributed by atoms with van der Waals surface area (Å²) in [5.74, 6) is -1.93. The molecular formula is C5H10N2O3. The highest BCUT2D eigenvalue weighted by Crippen LogP contribution is 1.80. The molecule has 5 heteroatoms. The van der Waals surface area contributed by atoms with E-state index in [1.165, 1.54) is 7.05 Å². The van der Waals surface area contributed by atoms with Crippen molar-refractivity contribution < 1.29 is 16.1 Å². The summed E-state index contributed by atoms with van der Waals surface area (Å²) in [6.07, 6.45) is 0. The van der Waals surface area contributed by atoms with Crippen molar-refractivity contribution in [2.75, 3.05) is 20.1 Å². The van der Waals surface area contributed by atoms with Gasteiger partial charge in [-0.2, -0.15) is 0 Å². The van der Waals surface area contributed by atoms with Crippen LogP contribution in [-0.4, -0.2) is 42.0 Å². The summed E-state index contributed by atoms with van der Waals surface area (Å²) in [4.78, 5) is 21.6. The molecule has 0 aliphatic rings. The number of amides is 1. The lowest BCUT2D eigenvalue weighted by molar-refractivity contribution is -0.142. The van der Waals surface area contributed by atoms with Crippen molar-refractivity contribution in [3.8, 4) is 0 Å². The van der Waals surface area contributed by atoms with Crippen LogP contribution in [0.25, 0.3) is 0 Å². The number of hydrogen-bond donors (Lipinski definition) is 2. The van der Waals surface area contributed by atoms with Gasteiger partial charge in [0.15, 0.2) is 0 Å². The van der Waals surface area contributed by atoms with E-state index in [0.29, 0.717) is 0 Å². The van der Waals surface area contributed by atoms with Crippen LogP contribution in [0.4, 0.5) is 0 Å². The predicted molar refractivity (Wildman–Crippen MR) is 34.3 cm³/mol. The van der Waals surface area contributed by atoms with Crippen LogP contribution in [0.5, 0.6) is 0 Å². The third-order valence-corrected chi connectivity index (χ3v) is 0.872. The van der Waals surface area contributed by atoms with Gasteiger partial charge in [0.1, 0.15) is 6.52 Å². The first kappa shape index (κ1) is 7.01. The zero-order valence-electron chi connectivity index (χ0n) is 6.57. The quantitative estimate of drug-likeness (QED) is 0.509. The van der Waals surface area contributed by atoms with Crippen LogP contribution in [0.3, 0.4) is 0 Å². The second-order valence-electron chi connectivity index (χ2n) is 1.68. The van der Waals surface area contributed by atoms with Gasteiger partial charge in [-0.1, -0.05) is 0 Å². The first-order valence-electron chi connectivity index (χ1n) is 3.19. The molecular weight excluding hydrogens is 136 g/mol. The molecule has 58 valence electrons. The van der Waals surface area contributed by atoms with E-state index in [-0.39, 0.29) is 6.54 Å². The highest BCUT2D eigenvalue weighted by Gasteiger charge is 2.08. The van der Waals surface area contributed by atoms with Gasteiger partial charge in [0.2, 0.25) is 5.91 Å². The lowest BCUT2D eigenvalue weighted by atomic mass is 10.5. The fraction of sp³-hybridized carbons (Fsp3) is 0.600. The number of rotatable bonds is 3. The zero-order valence-corrected chi connectivity index (χ0v) is 5.57. The third kappa shape index (κ3) is 3.03. The normalized spacial score (nSPS) is 13.6. The number of hydrogen-bond acceptors (Lipinski definition) is 3. The first-order valence-corrected chi connectivity index (χ1v) is 2.61. The minimum Gasteiger partial charge on any atom is -0.480 e. The van der Waals surface area contributed by atoms with Crippen LogP contribution in [0, 0.1) is 0 Å². The minimum atomic E-state index is -1.56. The van der Waals surface area contributed by atoms with E-state index >= 15 is 0 Å². The van der Waals surface area contributed by atoms with Crippen molar-refractivity contribution >= 4 is 11.9 Å². The van der Waals surface area contributed by atoms with Crippen molar-refractivity contribution in [1.82, 2.24) is 4.90 Å². The van der Waals surface area contributed by atoms with Gasteiger partial charge in [-0.25, -0.2) is 0 Å². The highest BCUT2D eigenvalue weighted by molar-refractivity contribution is 5.82. The fourth-order valence-corrected chi connectivity index (χ4v) is 0.382. The molecule has 5 nitrogen and oxygen atoms in total. The van der Waals surface area contributed by atoms with Crippen molar-refractivity contribution in [2.45, 2.75) is 0 Å². The van der Waals surface area contributed by atoms with Gasteiger partial charge < -0.3 is 15.7 Å². The largest absolute Gasteiger partial charge is 0.480 e. The Kier molecular flexibility index (Phi) is 2.69. The molecule has 1 amide bonds. The number of nitrogens with two attached hydrogens (primary N) is 1. The van der Waals surface area contributed by atoms with Crippen LogP contribution < -0.4 is 5.73 Å². The Morgan fingerprint density at radius 1 is 1.80 bits per heavy atom. The van der Waals surface area contributed by atoms with Crippen molar-refractivity contribution in [3.05, 3.63) is 0 Å². The molecule has 0 aromatic heterocycles. The molecule has 0 aliphatic heterocycles. The standard InChI is InChI=1S/C5H10N2O3/c1-7(3-5(9)10)4(8)2-6/h2-3,6H2,1H3,(H,9,10)/i3T.